The number of amides is 2. The lowest BCUT2D eigenvalue weighted by Gasteiger charge is -2.38. The molecule has 174 valence electrons. The number of ether oxygens (including phenoxy) is 1. The molecule has 4 rings (SSSR count). The van der Waals surface area contributed by atoms with Gasteiger partial charge in [0, 0.05) is 18.7 Å². The number of alkyl halides is 5. The Balaban J connectivity index is 1.68. The van der Waals surface area contributed by atoms with Gasteiger partial charge >= 0.3 is 12.1 Å². The number of halogens is 5. The molecule has 2 aliphatic rings. The molecule has 0 radical (unpaired) electrons. The van der Waals surface area contributed by atoms with Crippen LogP contribution in [-0.2, 0) is 14.3 Å². The van der Waals surface area contributed by atoms with Gasteiger partial charge in [0.25, 0.3) is 18.2 Å². The fourth-order valence-corrected chi connectivity index (χ4v) is 3.76. The first kappa shape index (κ1) is 22.6. The molecule has 2 amide bonds. The van der Waals surface area contributed by atoms with Crippen molar-refractivity contribution in [2.45, 2.75) is 24.9 Å². The maximum atomic E-state index is 13.2. The Kier molecular flexibility index (Phi) is 5.78. The Hall–Kier alpha value is -3.54. The summed E-state index contributed by atoms with van der Waals surface area (Å²) in [5.41, 5.74) is 0.738. The van der Waals surface area contributed by atoms with E-state index in [1.54, 1.807) is 6.07 Å². The molecule has 12 heteroatoms. The summed E-state index contributed by atoms with van der Waals surface area (Å²) in [6, 6.07) is 8.33. The molecule has 1 saturated heterocycles. The number of piperazine rings is 1. The Morgan fingerprint density at radius 2 is 1.82 bits per heavy atom. The lowest BCUT2D eigenvalue weighted by molar-refractivity contribution is -0.210. The minimum absolute atomic E-state index is 0.0218. The smallest absolute Gasteiger partial charge is 0.437 e. The zero-order valence-corrected chi connectivity index (χ0v) is 16.7. The maximum Gasteiger partial charge on any atom is 0.490 e. The summed E-state index contributed by atoms with van der Waals surface area (Å²) in [7, 11) is 0. The third-order valence-corrected chi connectivity index (χ3v) is 5.30. The molecule has 33 heavy (non-hydrogen) atoms. The van der Waals surface area contributed by atoms with Crippen molar-refractivity contribution in [1.29, 1.82) is 0 Å². The lowest BCUT2D eigenvalue weighted by atomic mass is 9.99. The average Bonchev–Trinajstić information content (AvgIpc) is 2.88. The lowest BCUT2D eigenvalue weighted by Crippen LogP contribution is -2.64. The summed E-state index contributed by atoms with van der Waals surface area (Å²) in [6.07, 6.45) is -9.68. The number of nitrogens with zero attached hydrogens (tertiary/aromatic N) is 1. The van der Waals surface area contributed by atoms with Gasteiger partial charge in [-0.1, -0.05) is 24.3 Å². The molecule has 0 aromatic heterocycles. The van der Waals surface area contributed by atoms with E-state index >= 15 is 0 Å². The van der Waals surface area contributed by atoms with Crippen LogP contribution in [0.3, 0.4) is 0 Å². The van der Waals surface area contributed by atoms with Gasteiger partial charge < -0.3 is 15.0 Å². The van der Waals surface area contributed by atoms with E-state index in [2.05, 4.69) is 15.4 Å². The number of nitrogens with one attached hydrogen (secondary N) is 2. The minimum atomic E-state index is -5.28. The molecule has 2 N–H and O–H groups in total. The molecule has 2 aromatic rings. The van der Waals surface area contributed by atoms with E-state index in [4.69, 9.17) is 0 Å². The molecule has 0 spiro atoms. The fraction of sp³-hybridized carbons (Fsp3) is 0.286. The Bertz CT molecular complexity index is 1120. The summed E-state index contributed by atoms with van der Waals surface area (Å²) in [4.78, 5) is 38.3. The second-order valence-electron chi connectivity index (χ2n) is 7.40. The van der Waals surface area contributed by atoms with Gasteiger partial charge in [0.1, 0.15) is 0 Å². The number of esters is 1. The molecule has 2 aromatic carbocycles. The zero-order chi connectivity index (χ0) is 23.9. The van der Waals surface area contributed by atoms with Gasteiger partial charge in [-0.15, -0.1) is 0 Å². The van der Waals surface area contributed by atoms with Crippen molar-refractivity contribution in [3.63, 3.8) is 0 Å². The first-order valence-corrected chi connectivity index (χ1v) is 9.72. The van der Waals surface area contributed by atoms with Gasteiger partial charge in [-0.3, -0.25) is 14.9 Å². The van der Waals surface area contributed by atoms with Crippen LogP contribution in [0.25, 0.3) is 11.1 Å². The first-order chi connectivity index (χ1) is 15.6. The van der Waals surface area contributed by atoms with E-state index in [9.17, 15) is 36.3 Å². The van der Waals surface area contributed by atoms with Gasteiger partial charge in [-0.2, -0.15) is 13.2 Å². The standard InChI is InChI=1S/C21H16F5N3O4/c22-16(23)12-3-1-2-10(8-12)11-4-5-14-13(9-11)19(31)29-7-6-27-18(15(29)17(30)28-14)33-20(32)21(24,25)26/h1-5,8-9,15-16,18,27H,6-7H2,(H,28,30)/t15-,18?/m1/s1. The van der Waals surface area contributed by atoms with E-state index in [0.29, 0.717) is 11.1 Å². The van der Waals surface area contributed by atoms with Crippen LogP contribution >= 0.6 is 0 Å². The summed E-state index contributed by atoms with van der Waals surface area (Å²) in [5, 5.41) is 4.98. The Labute approximate surface area is 183 Å². The Morgan fingerprint density at radius 1 is 1.09 bits per heavy atom. The molecular formula is C21H16F5N3O4. The predicted molar refractivity (Wildman–Crippen MR) is 104 cm³/mol. The van der Waals surface area contributed by atoms with Crippen molar-refractivity contribution >= 4 is 23.5 Å². The number of carbonyl (C=O) groups excluding carboxylic acids is 3. The molecule has 0 saturated carbocycles. The number of fused-ring (bicyclic) bond motifs is 2. The summed E-state index contributed by atoms with van der Waals surface area (Å²) < 4.78 is 68.5. The topological polar surface area (TPSA) is 87.7 Å². The molecule has 1 fully saturated rings. The second-order valence-corrected chi connectivity index (χ2v) is 7.40. The van der Waals surface area contributed by atoms with Crippen molar-refractivity contribution in [2.75, 3.05) is 18.4 Å². The van der Waals surface area contributed by atoms with Crippen LogP contribution in [0, 0.1) is 0 Å². The molecule has 1 unspecified atom stereocenters. The quantitative estimate of drug-likeness (QED) is 0.533. The zero-order valence-electron chi connectivity index (χ0n) is 16.7. The van der Waals surface area contributed by atoms with Crippen molar-refractivity contribution in [3.8, 4) is 11.1 Å². The minimum Gasteiger partial charge on any atom is -0.437 e. The highest BCUT2D eigenvalue weighted by molar-refractivity contribution is 6.10. The normalized spacial score (nSPS) is 20.6. The van der Waals surface area contributed by atoms with Gasteiger partial charge in [0.15, 0.2) is 12.3 Å². The Morgan fingerprint density at radius 3 is 2.52 bits per heavy atom. The second kappa shape index (κ2) is 8.43. The number of anilines is 1. The van der Waals surface area contributed by atoms with Gasteiger partial charge in [0.2, 0.25) is 0 Å². The van der Waals surface area contributed by atoms with E-state index in [0.717, 1.165) is 4.90 Å². The van der Waals surface area contributed by atoms with Crippen molar-refractivity contribution in [3.05, 3.63) is 53.6 Å². The van der Waals surface area contributed by atoms with Crippen LogP contribution in [-0.4, -0.2) is 54.2 Å². The highest BCUT2D eigenvalue weighted by Gasteiger charge is 2.48. The van der Waals surface area contributed by atoms with Gasteiger partial charge in [0.05, 0.1) is 11.3 Å². The highest BCUT2D eigenvalue weighted by Crippen LogP contribution is 2.32. The van der Waals surface area contributed by atoms with Crippen LogP contribution in [0.15, 0.2) is 42.5 Å². The van der Waals surface area contributed by atoms with E-state index < -0.39 is 42.7 Å². The monoisotopic (exact) mass is 469 g/mol. The summed E-state index contributed by atoms with van der Waals surface area (Å²) in [5.74, 6) is -4.03. The highest BCUT2D eigenvalue weighted by atomic mass is 19.4. The first-order valence-electron chi connectivity index (χ1n) is 9.72. The largest absolute Gasteiger partial charge is 0.490 e. The number of hydrogen-bond acceptors (Lipinski definition) is 5. The van der Waals surface area contributed by atoms with Gasteiger partial charge in [-0.25, -0.2) is 13.6 Å². The summed E-state index contributed by atoms with van der Waals surface area (Å²) >= 11 is 0. The van der Waals surface area contributed by atoms with E-state index in [1.807, 2.05) is 0 Å². The van der Waals surface area contributed by atoms with Crippen LogP contribution < -0.4 is 10.6 Å². The molecule has 0 bridgehead atoms. The average molecular weight is 469 g/mol. The molecular weight excluding hydrogens is 453 g/mol. The van der Waals surface area contributed by atoms with E-state index in [-0.39, 0.29) is 29.9 Å². The van der Waals surface area contributed by atoms with Crippen LogP contribution in [0.2, 0.25) is 0 Å². The predicted octanol–water partition coefficient (Wildman–Crippen LogP) is 3.09. The van der Waals surface area contributed by atoms with Crippen LogP contribution in [0.5, 0.6) is 0 Å². The number of hydrogen-bond donors (Lipinski definition) is 2. The van der Waals surface area contributed by atoms with Crippen LogP contribution in [0.1, 0.15) is 22.3 Å². The number of benzene rings is 2. The van der Waals surface area contributed by atoms with Crippen molar-refractivity contribution in [2.24, 2.45) is 0 Å². The van der Waals surface area contributed by atoms with Gasteiger partial charge in [-0.05, 0) is 29.3 Å². The van der Waals surface area contributed by atoms with E-state index in [1.165, 1.54) is 36.4 Å². The van der Waals surface area contributed by atoms with Crippen LogP contribution in [0.4, 0.5) is 27.6 Å². The third-order valence-electron chi connectivity index (χ3n) is 5.30. The van der Waals surface area contributed by atoms with Crippen molar-refractivity contribution in [1.82, 2.24) is 10.2 Å². The third kappa shape index (κ3) is 4.38. The molecule has 2 aliphatic heterocycles. The summed E-state index contributed by atoms with van der Waals surface area (Å²) in [6.45, 7) is -0.0711. The fourth-order valence-electron chi connectivity index (χ4n) is 3.76. The molecule has 2 atom stereocenters. The van der Waals surface area contributed by atoms with Crippen molar-refractivity contribution < 1.29 is 41.1 Å². The molecule has 2 heterocycles. The molecule has 0 aliphatic carbocycles. The number of carbonyl (C=O) groups is 3. The maximum absolute atomic E-state index is 13.2. The number of rotatable bonds is 3. The SMILES string of the molecule is O=C1Nc2ccc(-c3cccc(C(F)F)c3)cc2C(=O)N2CCNC(OC(=O)C(F)(F)F)[C@@H]12. The molecule has 7 nitrogen and oxygen atoms in total.